The van der Waals surface area contributed by atoms with Gasteiger partial charge in [-0.2, -0.15) is 0 Å². The lowest BCUT2D eigenvalue weighted by atomic mass is 10.1. The Labute approximate surface area is 181 Å². The topological polar surface area (TPSA) is 86.9 Å². The van der Waals surface area contributed by atoms with Gasteiger partial charge in [0.2, 0.25) is 5.55 Å². The minimum absolute atomic E-state index is 0.0428. The van der Waals surface area contributed by atoms with Gasteiger partial charge in [0.15, 0.2) is 0 Å². The van der Waals surface area contributed by atoms with Gasteiger partial charge in [0.25, 0.3) is 5.91 Å². The van der Waals surface area contributed by atoms with E-state index in [-0.39, 0.29) is 16.9 Å². The van der Waals surface area contributed by atoms with Crippen molar-refractivity contribution in [3.05, 3.63) is 94.0 Å². The molecule has 0 saturated carbocycles. The lowest BCUT2D eigenvalue weighted by molar-refractivity contribution is 0.102. The number of halogens is 2. The van der Waals surface area contributed by atoms with E-state index < -0.39 is 5.91 Å². The van der Waals surface area contributed by atoms with Gasteiger partial charge in [0, 0.05) is 17.1 Å². The van der Waals surface area contributed by atoms with Crippen LogP contribution in [-0.2, 0) is 0 Å². The number of nitrogens with zero attached hydrogens (tertiary/aromatic N) is 1. The Morgan fingerprint density at radius 2 is 1.70 bits per heavy atom. The third kappa shape index (κ3) is 4.40. The van der Waals surface area contributed by atoms with Crippen LogP contribution in [0.15, 0.2) is 82.3 Å². The normalized spacial score (nSPS) is 11.5. The highest BCUT2D eigenvalue weighted by Crippen LogP contribution is 2.25. The van der Waals surface area contributed by atoms with Crippen LogP contribution >= 0.6 is 23.2 Å². The summed E-state index contributed by atoms with van der Waals surface area (Å²) in [6.45, 7) is 0. The molecule has 0 spiro atoms. The Hall–Kier alpha value is -3.48. The maximum atomic E-state index is 13.0. The number of phenolic OH excluding ortho intramolecular Hbond substituents is 1. The molecule has 1 amide bonds. The minimum atomic E-state index is -0.444. The smallest absolute Gasteiger partial charge is 0.261 e. The SMILES string of the molecule is O=C(Nc1ccc(Cl)c(Cl)c1)c1cc2ccc(O)cc2oc1=NNc1ccccc1. The largest absolute Gasteiger partial charge is 0.508 e. The summed E-state index contributed by atoms with van der Waals surface area (Å²) in [7, 11) is 0. The van der Waals surface area contributed by atoms with Gasteiger partial charge in [0.05, 0.1) is 15.7 Å². The van der Waals surface area contributed by atoms with E-state index in [0.29, 0.717) is 26.7 Å². The van der Waals surface area contributed by atoms with E-state index in [1.165, 1.54) is 12.1 Å². The van der Waals surface area contributed by atoms with Gasteiger partial charge in [0.1, 0.15) is 16.9 Å². The second-order valence-electron chi connectivity index (χ2n) is 6.36. The van der Waals surface area contributed by atoms with Crippen molar-refractivity contribution in [1.29, 1.82) is 0 Å². The Morgan fingerprint density at radius 3 is 2.47 bits per heavy atom. The van der Waals surface area contributed by atoms with E-state index >= 15 is 0 Å². The molecule has 6 nitrogen and oxygen atoms in total. The van der Waals surface area contributed by atoms with Crippen molar-refractivity contribution in [3.8, 4) is 5.75 Å². The summed E-state index contributed by atoms with van der Waals surface area (Å²) in [4.78, 5) is 13.0. The molecule has 150 valence electrons. The van der Waals surface area contributed by atoms with Crippen molar-refractivity contribution in [3.63, 3.8) is 0 Å². The van der Waals surface area contributed by atoms with Crippen LogP contribution in [0.2, 0.25) is 10.0 Å². The molecule has 30 heavy (non-hydrogen) atoms. The van der Waals surface area contributed by atoms with E-state index in [9.17, 15) is 9.90 Å². The van der Waals surface area contributed by atoms with Crippen LogP contribution in [0, 0.1) is 0 Å². The second-order valence-corrected chi connectivity index (χ2v) is 7.17. The van der Waals surface area contributed by atoms with Crippen molar-refractivity contribution in [2.24, 2.45) is 5.10 Å². The van der Waals surface area contributed by atoms with Crippen molar-refractivity contribution in [2.75, 3.05) is 10.7 Å². The molecule has 0 aliphatic rings. The van der Waals surface area contributed by atoms with Gasteiger partial charge >= 0.3 is 0 Å². The van der Waals surface area contributed by atoms with Crippen LogP contribution in [0.1, 0.15) is 10.4 Å². The van der Waals surface area contributed by atoms with Gasteiger partial charge in [-0.05, 0) is 48.5 Å². The summed E-state index contributed by atoms with van der Waals surface area (Å²) in [6.07, 6.45) is 0. The van der Waals surface area contributed by atoms with E-state index in [4.69, 9.17) is 27.6 Å². The number of hydrogen-bond donors (Lipinski definition) is 3. The second kappa shape index (κ2) is 8.49. The lowest BCUT2D eigenvalue weighted by Gasteiger charge is -2.08. The number of para-hydroxylation sites is 1. The van der Waals surface area contributed by atoms with Gasteiger partial charge in [-0.3, -0.25) is 10.2 Å². The first-order valence-corrected chi connectivity index (χ1v) is 9.63. The first-order valence-electron chi connectivity index (χ1n) is 8.88. The zero-order valence-electron chi connectivity index (χ0n) is 15.4. The van der Waals surface area contributed by atoms with Crippen molar-refractivity contribution in [2.45, 2.75) is 0 Å². The lowest BCUT2D eigenvalue weighted by Crippen LogP contribution is -2.22. The molecule has 4 rings (SSSR count). The zero-order chi connectivity index (χ0) is 21.1. The highest BCUT2D eigenvalue weighted by atomic mass is 35.5. The molecule has 0 fully saturated rings. The van der Waals surface area contributed by atoms with Gasteiger partial charge in [-0.15, -0.1) is 5.10 Å². The molecule has 0 radical (unpaired) electrons. The standard InChI is InChI=1S/C22H15Cl2N3O3/c23-18-9-7-15(11-19(18)24)25-21(29)17-10-13-6-8-16(28)12-20(13)30-22(17)27-26-14-4-2-1-3-5-14/h1-12,26,28H,(H,25,29). The molecule has 0 bridgehead atoms. The highest BCUT2D eigenvalue weighted by Gasteiger charge is 2.14. The molecule has 0 aliphatic heterocycles. The number of rotatable bonds is 4. The summed E-state index contributed by atoms with van der Waals surface area (Å²) >= 11 is 12.0. The number of anilines is 2. The van der Waals surface area contributed by atoms with Crippen LogP contribution in [0.5, 0.6) is 5.75 Å². The number of benzene rings is 3. The predicted molar refractivity (Wildman–Crippen MR) is 118 cm³/mol. The molecular weight excluding hydrogens is 425 g/mol. The van der Waals surface area contributed by atoms with Crippen molar-refractivity contribution >= 4 is 51.5 Å². The molecule has 1 heterocycles. The molecule has 0 unspecified atom stereocenters. The van der Waals surface area contributed by atoms with Crippen molar-refractivity contribution < 1.29 is 14.3 Å². The number of nitrogens with one attached hydrogen (secondary N) is 2. The summed E-state index contributed by atoms with van der Waals surface area (Å²) in [5.74, 6) is -0.401. The van der Waals surface area contributed by atoms with Crippen LogP contribution in [0.25, 0.3) is 11.0 Å². The van der Waals surface area contributed by atoms with Crippen LogP contribution < -0.4 is 16.3 Å². The minimum Gasteiger partial charge on any atom is -0.508 e. The third-order valence-corrected chi connectivity index (χ3v) is 4.96. The van der Waals surface area contributed by atoms with Gasteiger partial charge < -0.3 is 14.8 Å². The van der Waals surface area contributed by atoms with E-state index in [1.54, 1.807) is 30.3 Å². The molecule has 0 saturated heterocycles. The molecule has 3 aromatic carbocycles. The van der Waals surface area contributed by atoms with E-state index in [1.807, 2.05) is 30.3 Å². The molecule has 0 aliphatic carbocycles. The first kappa shape index (κ1) is 19.8. The number of aromatic hydroxyl groups is 1. The number of amides is 1. The van der Waals surface area contributed by atoms with Crippen molar-refractivity contribution in [1.82, 2.24) is 0 Å². The first-order chi connectivity index (χ1) is 14.5. The number of fused-ring (bicyclic) bond motifs is 1. The molecule has 8 heteroatoms. The molecule has 3 N–H and O–H groups in total. The summed E-state index contributed by atoms with van der Waals surface area (Å²) < 4.78 is 5.80. The quantitative estimate of drug-likeness (QED) is 0.359. The number of carbonyl (C=O) groups excluding carboxylic acids is 1. The van der Waals surface area contributed by atoms with Gasteiger partial charge in [-0.1, -0.05) is 41.4 Å². The number of hydrogen-bond acceptors (Lipinski definition) is 5. The summed E-state index contributed by atoms with van der Waals surface area (Å²) in [5, 5.41) is 18.1. The predicted octanol–water partition coefficient (Wildman–Crippen LogP) is 5.63. The molecule has 1 aromatic heterocycles. The van der Waals surface area contributed by atoms with Crippen LogP contribution in [-0.4, -0.2) is 11.0 Å². The monoisotopic (exact) mass is 439 g/mol. The summed E-state index contributed by atoms with van der Waals surface area (Å²) in [6, 6.07) is 20.3. The Balaban J connectivity index is 1.76. The number of carbonyl (C=O) groups is 1. The summed E-state index contributed by atoms with van der Waals surface area (Å²) in [5.41, 5.74) is 4.69. The zero-order valence-corrected chi connectivity index (χ0v) is 16.9. The maximum Gasteiger partial charge on any atom is 0.261 e. The highest BCUT2D eigenvalue weighted by molar-refractivity contribution is 6.42. The maximum absolute atomic E-state index is 13.0. The fourth-order valence-corrected chi connectivity index (χ4v) is 3.05. The Bertz CT molecular complexity index is 1300. The fraction of sp³-hybridized carbons (Fsp3) is 0. The molecule has 4 aromatic rings. The van der Waals surface area contributed by atoms with Crippen LogP contribution in [0.3, 0.4) is 0 Å². The third-order valence-electron chi connectivity index (χ3n) is 4.22. The van der Waals surface area contributed by atoms with Crippen LogP contribution in [0.4, 0.5) is 11.4 Å². The molecular formula is C22H15Cl2N3O3. The van der Waals surface area contributed by atoms with E-state index in [2.05, 4.69) is 15.8 Å². The average molecular weight is 440 g/mol. The Morgan fingerprint density at radius 1 is 0.900 bits per heavy atom. The van der Waals surface area contributed by atoms with E-state index in [0.717, 1.165) is 5.69 Å². The Kier molecular flexibility index (Phi) is 5.61. The number of phenols is 1. The average Bonchev–Trinajstić information content (AvgIpc) is 2.75. The molecule has 0 atom stereocenters. The van der Waals surface area contributed by atoms with Gasteiger partial charge in [-0.25, -0.2) is 0 Å². The fourth-order valence-electron chi connectivity index (χ4n) is 2.75.